The number of rotatable bonds is 12. The Bertz CT molecular complexity index is 805. The Morgan fingerprint density at radius 3 is 1.90 bits per heavy atom. The normalized spacial score (nSPS) is 17.2. The van der Waals surface area contributed by atoms with Gasteiger partial charge in [0.2, 0.25) is 0 Å². The van der Waals surface area contributed by atoms with Crippen molar-refractivity contribution in [1.82, 2.24) is 4.31 Å². The number of nitrogens with zero attached hydrogens (tertiary/aromatic N) is 1. The molecule has 1 aliphatic heterocycles. The van der Waals surface area contributed by atoms with Crippen LogP contribution in [0.2, 0.25) is 13.3 Å². The molecule has 1 aromatic rings. The van der Waals surface area contributed by atoms with Gasteiger partial charge in [0.15, 0.2) is 0 Å². The molecular weight excluding hydrogens is 497 g/mol. The first-order valence-corrected chi connectivity index (χ1v) is 20.9. The van der Waals surface area contributed by atoms with Crippen LogP contribution >= 0.6 is 0 Å². The maximum atomic E-state index is 13.2. The van der Waals surface area contributed by atoms with E-state index in [0.29, 0.717) is 18.0 Å². The van der Waals surface area contributed by atoms with Crippen molar-refractivity contribution < 1.29 is 8.42 Å². The second-order valence-electron chi connectivity index (χ2n) is 9.03. The second kappa shape index (κ2) is 11.9. The maximum absolute atomic E-state index is 13.2. The Hall–Kier alpha value is -0.591. The van der Waals surface area contributed by atoms with Crippen molar-refractivity contribution in [1.29, 1.82) is 0 Å². The summed E-state index contributed by atoms with van der Waals surface area (Å²) in [5.74, 6) is 0. The van der Waals surface area contributed by atoms with E-state index in [1.165, 1.54) is 57.4 Å². The average Bonchev–Trinajstić information content (AvgIpc) is 3.10. The first-order chi connectivity index (χ1) is 14.3. The zero-order valence-corrected chi connectivity index (χ0v) is 23.2. The van der Waals surface area contributed by atoms with Crippen molar-refractivity contribution in [2.24, 2.45) is 0 Å². The number of unbranched alkanes of at least 4 members (excludes halogenated alkanes) is 3. The zero-order valence-electron chi connectivity index (χ0n) is 19.5. The van der Waals surface area contributed by atoms with Gasteiger partial charge in [-0.1, -0.05) is 0 Å². The molecule has 168 valence electrons. The molecule has 30 heavy (non-hydrogen) atoms. The van der Waals surface area contributed by atoms with Gasteiger partial charge in [-0.15, -0.1) is 0 Å². The fourth-order valence-electron chi connectivity index (χ4n) is 4.40. The third kappa shape index (κ3) is 6.70. The minimum absolute atomic E-state index is 0.389. The minimum atomic E-state index is -3.47. The van der Waals surface area contributed by atoms with E-state index in [1.807, 2.05) is 19.1 Å². The van der Waals surface area contributed by atoms with E-state index in [0.717, 1.165) is 11.1 Å². The molecule has 0 spiro atoms. The van der Waals surface area contributed by atoms with Gasteiger partial charge in [-0.25, -0.2) is 0 Å². The Labute approximate surface area is 189 Å². The predicted octanol–water partition coefficient (Wildman–Crippen LogP) is 6.87. The van der Waals surface area contributed by atoms with Crippen LogP contribution in [0.15, 0.2) is 51.0 Å². The molecule has 1 saturated heterocycles. The average molecular weight is 538 g/mol. The fraction of sp³-hybridized carbons (Fsp3) is 0.600. The van der Waals surface area contributed by atoms with E-state index in [-0.39, 0.29) is 0 Å². The molecule has 1 aliphatic rings. The molecule has 1 fully saturated rings. The third-order valence-corrected chi connectivity index (χ3v) is 22.5. The molecule has 0 saturated carbocycles. The molecule has 0 atom stereocenters. The van der Waals surface area contributed by atoms with Gasteiger partial charge < -0.3 is 0 Å². The van der Waals surface area contributed by atoms with Crippen LogP contribution in [0.4, 0.5) is 0 Å². The summed E-state index contributed by atoms with van der Waals surface area (Å²) < 4.78 is 34.8. The standard InChI is InChI=1S/C13H14NO2S.3C4H9.Sn/c1-10-4-6-13(7-5-10)17(15,16)14-8-11(2)12(3)9-14;3*1-3-4-2;/h2,4-7H,3,8-9H2,1H3;3*1,3-4H2,2H3;. The monoisotopic (exact) mass is 539 g/mol. The Balaban J connectivity index is 2.32. The molecule has 0 aliphatic carbocycles. The van der Waals surface area contributed by atoms with E-state index < -0.39 is 28.4 Å². The molecule has 0 unspecified atom stereocenters. The number of benzene rings is 1. The van der Waals surface area contributed by atoms with Gasteiger partial charge in [0.05, 0.1) is 0 Å². The van der Waals surface area contributed by atoms with Crippen LogP contribution in [0.1, 0.15) is 64.9 Å². The van der Waals surface area contributed by atoms with Crippen LogP contribution in [0.5, 0.6) is 0 Å². The Kier molecular flexibility index (Phi) is 10.2. The first kappa shape index (κ1) is 25.7. The summed E-state index contributed by atoms with van der Waals surface area (Å²) in [4.78, 5) is 0.389. The van der Waals surface area contributed by atoms with Crippen molar-refractivity contribution in [3.8, 4) is 0 Å². The van der Waals surface area contributed by atoms with E-state index in [2.05, 4.69) is 31.4 Å². The number of aryl methyl sites for hydroxylation is 1. The van der Waals surface area contributed by atoms with E-state index in [1.54, 1.807) is 16.4 Å². The van der Waals surface area contributed by atoms with E-state index >= 15 is 0 Å². The SMILES string of the molecule is C=C1CN(S(=O)(=O)c2ccc(C)cc2)C/C1=[CH]/[Sn]([CH2]CCC)([CH2]CCC)[CH2]CCC. The fourth-order valence-corrected chi connectivity index (χ4v) is 21.2. The summed E-state index contributed by atoms with van der Waals surface area (Å²) in [5.41, 5.74) is 3.31. The molecule has 2 rings (SSSR count). The second-order valence-corrected chi connectivity index (χ2v) is 23.9. The van der Waals surface area contributed by atoms with Crippen molar-refractivity contribution in [2.45, 2.75) is 84.4 Å². The molecule has 0 N–H and O–H groups in total. The molecule has 1 heterocycles. The van der Waals surface area contributed by atoms with Crippen LogP contribution in [0.25, 0.3) is 0 Å². The summed E-state index contributed by atoms with van der Waals surface area (Å²) in [5, 5.41) is 0. The van der Waals surface area contributed by atoms with Gasteiger partial charge >= 0.3 is 190 Å². The first-order valence-electron chi connectivity index (χ1n) is 11.7. The molecule has 0 radical (unpaired) electrons. The Morgan fingerprint density at radius 2 is 1.43 bits per heavy atom. The van der Waals surface area contributed by atoms with Crippen LogP contribution in [0, 0.1) is 6.92 Å². The topological polar surface area (TPSA) is 37.4 Å². The van der Waals surface area contributed by atoms with Gasteiger partial charge in [-0.05, 0) is 0 Å². The van der Waals surface area contributed by atoms with Crippen molar-refractivity contribution in [3.05, 3.63) is 51.6 Å². The van der Waals surface area contributed by atoms with Crippen molar-refractivity contribution in [3.63, 3.8) is 0 Å². The number of hydrogen-bond donors (Lipinski definition) is 0. The van der Waals surface area contributed by atoms with Gasteiger partial charge in [0, 0.05) is 0 Å². The zero-order chi connectivity index (χ0) is 22.2. The summed E-state index contributed by atoms with van der Waals surface area (Å²) in [6.07, 6.45) is 7.67. The van der Waals surface area contributed by atoms with Crippen molar-refractivity contribution in [2.75, 3.05) is 13.1 Å². The third-order valence-electron chi connectivity index (χ3n) is 6.39. The molecule has 3 nitrogen and oxygen atoms in total. The van der Waals surface area contributed by atoms with E-state index in [9.17, 15) is 8.42 Å². The summed E-state index contributed by atoms with van der Waals surface area (Å²) >= 11 is -2.48. The van der Waals surface area contributed by atoms with Crippen LogP contribution in [0.3, 0.4) is 0 Å². The Morgan fingerprint density at radius 1 is 0.933 bits per heavy atom. The molecule has 1 aromatic carbocycles. The quantitative estimate of drug-likeness (QED) is 0.273. The van der Waals surface area contributed by atoms with Crippen molar-refractivity contribution >= 4 is 28.4 Å². The number of sulfonamides is 1. The molecule has 5 heteroatoms. The summed E-state index contributed by atoms with van der Waals surface area (Å²) in [6, 6.07) is 7.19. The van der Waals surface area contributed by atoms with Gasteiger partial charge in [-0.3, -0.25) is 0 Å². The van der Waals surface area contributed by atoms with Crippen LogP contribution in [-0.4, -0.2) is 44.2 Å². The van der Waals surface area contributed by atoms with Gasteiger partial charge in [-0.2, -0.15) is 0 Å². The van der Waals surface area contributed by atoms with E-state index in [4.69, 9.17) is 0 Å². The molecular formula is C25H41NO2SSn. The van der Waals surface area contributed by atoms with Gasteiger partial charge in [0.25, 0.3) is 0 Å². The molecule has 0 amide bonds. The number of hydrogen-bond acceptors (Lipinski definition) is 2. The van der Waals surface area contributed by atoms with Crippen LogP contribution < -0.4 is 0 Å². The summed E-state index contributed by atoms with van der Waals surface area (Å²) in [6.45, 7) is 14.1. The van der Waals surface area contributed by atoms with Crippen LogP contribution in [-0.2, 0) is 10.0 Å². The molecule has 0 bridgehead atoms. The molecule has 0 aromatic heterocycles. The predicted molar refractivity (Wildman–Crippen MR) is 132 cm³/mol. The van der Waals surface area contributed by atoms with Gasteiger partial charge in [0.1, 0.15) is 0 Å². The summed E-state index contributed by atoms with van der Waals surface area (Å²) in [7, 11) is -3.47.